The van der Waals surface area contributed by atoms with Crippen LogP contribution in [0.3, 0.4) is 0 Å². The standard InChI is InChI=1S/C20H20ClNO5S/c1-20-11-16(15-10-13(26-3)6-9-17(15)27-20)18(19(23)22(20)2)28(24,25)14-7-4-12(21)5-8-14/h4-10,16,18H,11H2,1-3H3/t16-,18+,20-/m1/s1. The van der Waals surface area contributed by atoms with E-state index >= 15 is 0 Å². The van der Waals surface area contributed by atoms with Gasteiger partial charge in [0, 0.05) is 30.0 Å². The van der Waals surface area contributed by atoms with Crippen molar-refractivity contribution >= 4 is 27.3 Å². The number of fused-ring (bicyclic) bond motifs is 4. The molecule has 1 fully saturated rings. The second-order valence-electron chi connectivity index (χ2n) is 7.31. The van der Waals surface area contributed by atoms with Crippen LogP contribution in [-0.2, 0) is 14.6 Å². The Balaban J connectivity index is 1.89. The van der Waals surface area contributed by atoms with Gasteiger partial charge in [0.15, 0.2) is 20.8 Å². The van der Waals surface area contributed by atoms with Gasteiger partial charge < -0.3 is 14.4 Å². The van der Waals surface area contributed by atoms with Crippen molar-refractivity contribution in [3.63, 3.8) is 0 Å². The Bertz CT molecular complexity index is 1050. The number of ether oxygens (including phenoxy) is 2. The van der Waals surface area contributed by atoms with Crippen LogP contribution in [0.15, 0.2) is 47.4 Å². The van der Waals surface area contributed by atoms with Crippen LogP contribution in [0, 0.1) is 0 Å². The molecule has 0 unspecified atom stereocenters. The number of nitrogens with zero attached hydrogens (tertiary/aromatic N) is 1. The summed E-state index contributed by atoms with van der Waals surface area (Å²) in [6.07, 6.45) is 0.368. The van der Waals surface area contributed by atoms with Crippen molar-refractivity contribution < 1.29 is 22.7 Å². The molecule has 2 aromatic carbocycles. The third-order valence-electron chi connectivity index (χ3n) is 5.67. The molecule has 0 saturated carbocycles. The number of amides is 1. The monoisotopic (exact) mass is 421 g/mol. The Kier molecular flexibility index (Phi) is 4.35. The van der Waals surface area contributed by atoms with E-state index in [2.05, 4.69) is 0 Å². The molecule has 1 saturated heterocycles. The van der Waals surface area contributed by atoms with Crippen LogP contribution >= 0.6 is 11.6 Å². The number of carbonyl (C=O) groups is 1. The first-order valence-corrected chi connectivity index (χ1v) is 10.7. The number of rotatable bonds is 3. The minimum atomic E-state index is -3.95. The average Bonchev–Trinajstić information content (AvgIpc) is 2.66. The van der Waals surface area contributed by atoms with Gasteiger partial charge in [0.05, 0.1) is 12.0 Å². The molecule has 3 atom stereocenters. The molecule has 0 N–H and O–H groups in total. The number of piperidine rings is 1. The topological polar surface area (TPSA) is 72.9 Å². The Morgan fingerprint density at radius 3 is 2.54 bits per heavy atom. The van der Waals surface area contributed by atoms with E-state index in [1.165, 1.54) is 36.3 Å². The molecule has 1 amide bonds. The minimum absolute atomic E-state index is 0.0724. The van der Waals surface area contributed by atoms with E-state index in [4.69, 9.17) is 21.1 Å². The predicted molar refractivity (Wildman–Crippen MR) is 105 cm³/mol. The fraction of sp³-hybridized carbons (Fsp3) is 0.350. The lowest BCUT2D eigenvalue weighted by Gasteiger charge is -2.51. The predicted octanol–water partition coefficient (Wildman–Crippen LogP) is 3.25. The smallest absolute Gasteiger partial charge is 0.244 e. The maximum atomic E-state index is 13.5. The maximum absolute atomic E-state index is 13.5. The van der Waals surface area contributed by atoms with E-state index in [0.29, 0.717) is 28.5 Å². The molecule has 0 aliphatic carbocycles. The number of halogens is 1. The highest BCUT2D eigenvalue weighted by molar-refractivity contribution is 7.92. The third-order valence-corrected chi connectivity index (χ3v) is 8.05. The molecule has 2 bridgehead atoms. The van der Waals surface area contributed by atoms with Gasteiger partial charge >= 0.3 is 0 Å². The number of benzene rings is 2. The zero-order valence-corrected chi connectivity index (χ0v) is 17.3. The fourth-order valence-corrected chi connectivity index (χ4v) is 6.06. The van der Waals surface area contributed by atoms with Crippen molar-refractivity contribution in [2.24, 2.45) is 0 Å². The molecular weight excluding hydrogens is 402 g/mol. The first-order chi connectivity index (χ1) is 13.2. The van der Waals surface area contributed by atoms with Gasteiger partial charge in [-0.25, -0.2) is 8.42 Å². The van der Waals surface area contributed by atoms with Crippen molar-refractivity contribution in [3.05, 3.63) is 53.1 Å². The van der Waals surface area contributed by atoms with Gasteiger partial charge in [0.1, 0.15) is 11.5 Å². The molecule has 2 heterocycles. The van der Waals surface area contributed by atoms with Crippen LogP contribution in [0.4, 0.5) is 0 Å². The van der Waals surface area contributed by atoms with E-state index in [1.807, 2.05) is 0 Å². The lowest BCUT2D eigenvalue weighted by molar-refractivity contribution is -0.159. The SMILES string of the molecule is COc1ccc2c(c1)[C@H]1C[C@@](C)(O2)N(C)C(=O)[C@H]1S(=O)(=O)c1ccc(Cl)cc1. The average molecular weight is 422 g/mol. The summed E-state index contributed by atoms with van der Waals surface area (Å²) >= 11 is 5.90. The number of hydrogen-bond acceptors (Lipinski definition) is 5. The first-order valence-electron chi connectivity index (χ1n) is 8.81. The molecule has 0 radical (unpaired) electrons. The van der Waals surface area contributed by atoms with E-state index < -0.39 is 32.6 Å². The van der Waals surface area contributed by atoms with Crippen molar-refractivity contribution in [1.82, 2.24) is 4.90 Å². The summed E-state index contributed by atoms with van der Waals surface area (Å²) in [5.41, 5.74) is -0.240. The number of methoxy groups -OCH3 is 1. The van der Waals surface area contributed by atoms with Gasteiger partial charge in [-0.15, -0.1) is 0 Å². The zero-order valence-electron chi connectivity index (χ0n) is 15.7. The highest BCUT2D eigenvalue weighted by Gasteiger charge is 2.57. The quantitative estimate of drug-likeness (QED) is 0.760. The van der Waals surface area contributed by atoms with Crippen molar-refractivity contribution in [2.45, 2.75) is 35.1 Å². The van der Waals surface area contributed by atoms with Gasteiger partial charge in [-0.1, -0.05) is 11.6 Å². The molecule has 4 rings (SSSR count). The van der Waals surface area contributed by atoms with Crippen molar-refractivity contribution in [3.8, 4) is 11.5 Å². The maximum Gasteiger partial charge on any atom is 0.244 e. The second kappa shape index (κ2) is 6.39. The third kappa shape index (κ3) is 2.76. The zero-order chi connectivity index (χ0) is 20.3. The van der Waals surface area contributed by atoms with Crippen LogP contribution < -0.4 is 9.47 Å². The Morgan fingerprint density at radius 1 is 1.21 bits per heavy atom. The molecule has 148 valence electrons. The van der Waals surface area contributed by atoms with Crippen LogP contribution in [0.1, 0.15) is 24.8 Å². The molecule has 0 spiro atoms. The van der Waals surface area contributed by atoms with Gasteiger partial charge in [0.25, 0.3) is 0 Å². The second-order valence-corrected chi connectivity index (χ2v) is 9.81. The number of sulfone groups is 1. The summed E-state index contributed by atoms with van der Waals surface area (Å²) in [5, 5.41) is -0.818. The van der Waals surface area contributed by atoms with Crippen LogP contribution in [0.25, 0.3) is 0 Å². The highest BCUT2D eigenvalue weighted by atomic mass is 35.5. The van der Waals surface area contributed by atoms with Crippen LogP contribution in [-0.4, -0.2) is 44.4 Å². The summed E-state index contributed by atoms with van der Waals surface area (Å²) in [7, 11) is -0.827. The summed E-state index contributed by atoms with van der Waals surface area (Å²) in [6, 6.07) is 11.2. The molecule has 8 heteroatoms. The van der Waals surface area contributed by atoms with Gasteiger partial charge in [-0.05, 0) is 49.4 Å². The molecule has 6 nitrogen and oxygen atoms in total. The summed E-state index contributed by atoms with van der Waals surface area (Å²) in [5.74, 6) is 0.116. The molecule has 2 aromatic rings. The Morgan fingerprint density at radius 2 is 1.89 bits per heavy atom. The lowest BCUT2D eigenvalue weighted by Crippen LogP contribution is -2.64. The fourth-order valence-electron chi connectivity index (χ4n) is 4.02. The van der Waals surface area contributed by atoms with E-state index in [1.54, 1.807) is 32.2 Å². The number of hydrogen-bond donors (Lipinski definition) is 0. The summed E-state index contributed by atoms with van der Waals surface area (Å²) < 4.78 is 38.3. The molecule has 2 aliphatic rings. The molecular formula is C20H20ClNO5S. The number of likely N-dealkylation sites (tertiary alicyclic amines) is 1. The van der Waals surface area contributed by atoms with Crippen LogP contribution in [0.2, 0.25) is 5.02 Å². The largest absolute Gasteiger partial charge is 0.497 e. The van der Waals surface area contributed by atoms with E-state index in [-0.39, 0.29) is 4.90 Å². The highest BCUT2D eigenvalue weighted by Crippen LogP contribution is 2.50. The van der Waals surface area contributed by atoms with E-state index in [9.17, 15) is 13.2 Å². The molecule has 2 aliphatic heterocycles. The normalized spacial score (nSPS) is 26.4. The minimum Gasteiger partial charge on any atom is -0.497 e. The van der Waals surface area contributed by atoms with Gasteiger partial charge in [0.2, 0.25) is 5.91 Å². The lowest BCUT2D eigenvalue weighted by atomic mass is 9.80. The summed E-state index contributed by atoms with van der Waals surface area (Å²) in [6.45, 7) is 1.80. The van der Waals surface area contributed by atoms with Gasteiger partial charge in [-0.3, -0.25) is 4.79 Å². The van der Waals surface area contributed by atoms with E-state index in [0.717, 1.165) is 0 Å². The first kappa shape index (κ1) is 19.1. The van der Waals surface area contributed by atoms with Crippen molar-refractivity contribution in [2.75, 3.05) is 14.2 Å². The van der Waals surface area contributed by atoms with Crippen LogP contribution in [0.5, 0.6) is 11.5 Å². The Hall–Kier alpha value is -2.25. The summed E-state index contributed by atoms with van der Waals surface area (Å²) in [4.78, 5) is 14.7. The Labute approximate surface area is 168 Å². The molecule has 28 heavy (non-hydrogen) atoms. The van der Waals surface area contributed by atoms with Crippen molar-refractivity contribution in [1.29, 1.82) is 0 Å². The molecule has 0 aromatic heterocycles. The number of carbonyl (C=O) groups excluding carboxylic acids is 1. The van der Waals surface area contributed by atoms with Gasteiger partial charge in [-0.2, -0.15) is 0 Å².